The first-order valence-electron chi connectivity index (χ1n) is 11.2. The molecule has 4 amide bonds. The first-order valence-corrected chi connectivity index (χ1v) is 12.1. The van der Waals surface area contributed by atoms with Gasteiger partial charge >= 0.3 is 6.03 Å². The Balaban J connectivity index is 1.42. The number of para-hydroxylation sites is 2. The van der Waals surface area contributed by atoms with Gasteiger partial charge in [-0.15, -0.1) is 11.3 Å². The zero-order chi connectivity index (χ0) is 23.9. The third-order valence-corrected chi connectivity index (χ3v) is 7.32. The van der Waals surface area contributed by atoms with Gasteiger partial charge in [-0.1, -0.05) is 18.2 Å². The molecule has 1 aromatic carbocycles. The number of hydrogen-bond donors (Lipinski definition) is 3. The van der Waals surface area contributed by atoms with Gasteiger partial charge in [0.15, 0.2) is 6.17 Å². The van der Waals surface area contributed by atoms with E-state index in [-0.39, 0.29) is 11.9 Å². The van der Waals surface area contributed by atoms with Gasteiger partial charge in [0.05, 0.1) is 17.7 Å². The molecule has 2 unspecified atom stereocenters. The minimum Gasteiger partial charge on any atom is -0.359 e. The maximum absolute atomic E-state index is 13.1. The number of nitrogens with one attached hydrogen (secondary N) is 2. The smallest absolute Gasteiger partial charge is 0.330 e. The van der Waals surface area contributed by atoms with Crippen LogP contribution in [0.1, 0.15) is 24.6 Å². The normalized spacial score (nSPS) is 25.4. The van der Waals surface area contributed by atoms with Crippen LogP contribution in [0.4, 0.5) is 16.2 Å². The quantitative estimate of drug-likeness (QED) is 0.598. The number of nitrogens with zero attached hydrogens (tertiary/aromatic N) is 4. The molecule has 2 saturated heterocycles. The molecule has 3 N–H and O–H groups in total. The van der Waals surface area contributed by atoms with Crippen LogP contribution >= 0.6 is 11.3 Å². The van der Waals surface area contributed by atoms with Crippen molar-refractivity contribution in [1.29, 1.82) is 0 Å². The predicted octanol–water partition coefficient (Wildman–Crippen LogP) is 1.79. The highest BCUT2D eigenvalue weighted by atomic mass is 32.1. The molecule has 0 spiro atoms. The average molecular weight is 483 g/mol. The van der Waals surface area contributed by atoms with E-state index in [0.717, 1.165) is 32.5 Å². The van der Waals surface area contributed by atoms with Gasteiger partial charge in [0.2, 0.25) is 5.91 Å². The second kappa shape index (κ2) is 8.82. The Hall–Kier alpha value is -3.28. The van der Waals surface area contributed by atoms with Gasteiger partial charge in [-0.3, -0.25) is 24.7 Å². The lowest BCUT2D eigenvalue weighted by Crippen LogP contribution is -2.73. The molecule has 11 heteroatoms. The number of thiophene rings is 1. The van der Waals surface area contributed by atoms with Crippen molar-refractivity contribution in [3.8, 4) is 0 Å². The summed E-state index contributed by atoms with van der Waals surface area (Å²) in [6.45, 7) is 3.96. The second-order valence-electron chi connectivity index (χ2n) is 8.71. The largest absolute Gasteiger partial charge is 0.359 e. The summed E-state index contributed by atoms with van der Waals surface area (Å²) in [4.78, 5) is 48.5. The molecule has 2 fully saturated rings. The molecule has 2 atom stereocenters. The van der Waals surface area contributed by atoms with Crippen LogP contribution in [0.2, 0.25) is 0 Å². The van der Waals surface area contributed by atoms with Gasteiger partial charge < -0.3 is 15.3 Å². The van der Waals surface area contributed by atoms with Crippen molar-refractivity contribution in [3.05, 3.63) is 46.7 Å². The molecular formula is C23H26N6O4S. The number of rotatable bonds is 5. The second-order valence-corrected chi connectivity index (χ2v) is 9.74. The van der Waals surface area contributed by atoms with Crippen molar-refractivity contribution in [1.82, 2.24) is 15.1 Å². The topological polar surface area (TPSA) is 118 Å². The lowest BCUT2D eigenvalue weighted by molar-refractivity contribution is -0.144. The molecule has 0 saturated carbocycles. The number of hydrogen-bond acceptors (Lipinski definition) is 8. The number of aliphatic imine (C=N–C) groups is 1. The van der Waals surface area contributed by atoms with E-state index in [0.29, 0.717) is 11.4 Å². The third-order valence-electron chi connectivity index (χ3n) is 6.46. The Labute approximate surface area is 200 Å². The maximum atomic E-state index is 13.1. The monoisotopic (exact) mass is 482 g/mol. The number of fused-ring (bicyclic) bond motifs is 1. The summed E-state index contributed by atoms with van der Waals surface area (Å²) in [6.07, 6.45) is 2.01. The van der Waals surface area contributed by atoms with E-state index in [2.05, 4.69) is 32.0 Å². The number of amides is 4. The number of likely N-dealkylation sites (tertiary alicyclic amines) is 1. The van der Waals surface area contributed by atoms with Crippen molar-refractivity contribution in [2.24, 2.45) is 4.99 Å². The molecule has 0 aliphatic carbocycles. The summed E-state index contributed by atoms with van der Waals surface area (Å²) in [6, 6.07) is 10.3. The fourth-order valence-electron chi connectivity index (χ4n) is 4.85. The van der Waals surface area contributed by atoms with E-state index in [1.165, 1.54) is 23.0 Å². The van der Waals surface area contributed by atoms with E-state index >= 15 is 0 Å². The number of urea groups is 1. The number of carbonyl (C=O) groups is 3. The lowest BCUT2D eigenvalue weighted by atomic mass is 9.99. The zero-order valence-corrected chi connectivity index (χ0v) is 19.5. The van der Waals surface area contributed by atoms with Crippen molar-refractivity contribution >= 4 is 46.9 Å². The van der Waals surface area contributed by atoms with Crippen LogP contribution in [0.5, 0.6) is 0 Å². The Morgan fingerprint density at radius 1 is 1.24 bits per heavy atom. The molecule has 3 aliphatic rings. The number of anilines is 2. The predicted molar refractivity (Wildman–Crippen MR) is 128 cm³/mol. The first kappa shape index (κ1) is 22.5. The molecule has 2 aromatic rings. The summed E-state index contributed by atoms with van der Waals surface area (Å²) in [5, 5.41) is 18.3. The van der Waals surface area contributed by atoms with Crippen molar-refractivity contribution in [2.45, 2.75) is 44.2 Å². The van der Waals surface area contributed by atoms with Crippen molar-refractivity contribution < 1.29 is 19.5 Å². The van der Waals surface area contributed by atoms with Crippen LogP contribution in [0.25, 0.3) is 0 Å². The summed E-state index contributed by atoms with van der Waals surface area (Å²) >= 11 is 1.74. The lowest BCUT2D eigenvalue weighted by Gasteiger charge is -2.47. The number of imide groups is 1. The average Bonchev–Trinajstić information content (AvgIpc) is 3.44. The first-order chi connectivity index (χ1) is 16.4. The SMILES string of the molecule is CC(=O)Nc1ccccc1N1C(=O)NC(=O)C2(O)N=CN(C3CCN(Cc4cccs4)CC3)C12. The summed E-state index contributed by atoms with van der Waals surface area (Å²) < 4.78 is 0. The van der Waals surface area contributed by atoms with E-state index in [1.807, 2.05) is 11.0 Å². The van der Waals surface area contributed by atoms with Gasteiger partial charge in [-0.25, -0.2) is 9.79 Å². The summed E-state index contributed by atoms with van der Waals surface area (Å²) in [7, 11) is 0. The third kappa shape index (κ3) is 3.95. The molecule has 34 heavy (non-hydrogen) atoms. The zero-order valence-electron chi connectivity index (χ0n) is 18.7. The number of carbonyl (C=O) groups excluding carboxylic acids is 3. The van der Waals surface area contributed by atoms with Gasteiger partial charge in [0.1, 0.15) is 0 Å². The molecule has 4 heterocycles. The van der Waals surface area contributed by atoms with Crippen molar-refractivity contribution in [2.75, 3.05) is 23.3 Å². The minimum atomic E-state index is -2.15. The molecule has 5 rings (SSSR count). The molecule has 1 aromatic heterocycles. The van der Waals surface area contributed by atoms with Gasteiger partial charge in [0, 0.05) is 37.5 Å². The van der Waals surface area contributed by atoms with E-state index < -0.39 is 23.8 Å². The van der Waals surface area contributed by atoms with Crippen LogP contribution < -0.4 is 15.5 Å². The highest BCUT2D eigenvalue weighted by Crippen LogP contribution is 2.39. The van der Waals surface area contributed by atoms with Crippen molar-refractivity contribution in [3.63, 3.8) is 0 Å². The Kier molecular flexibility index (Phi) is 5.84. The fraction of sp³-hybridized carbons (Fsp3) is 0.391. The standard InChI is InChI=1S/C23H26N6O4S/c1-15(30)25-18-6-2-3-7-19(18)29-21-23(33,20(31)26-22(29)32)24-14-28(21)16-8-10-27(11-9-16)13-17-5-4-12-34-17/h2-7,12,14,16,21,33H,8-11,13H2,1H3,(H,25,30)(H,26,31,32). The molecule has 0 radical (unpaired) electrons. The Morgan fingerprint density at radius 2 is 2.00 bits per heavy atom. The minimum absolute atomic E-state index is 0.0171. The van der Waals surface area contributed by atoms with Crippen LogP contribution in [-0.2, 0) is 16.1 Å². The van der Waals surface area contributed by atoms with Crippen LogP contribution in [0.15, 0.2) is 46.8 Å². The van der Waals surface area contributed by atoms with Gasteiger partial charge in [-0.05, 0) is 36.4 Å². The molecular weight excluding hydrogens is 456 g/mol. The Bertz CT molecular complexity index is 1130. The molecule has 0 bridgehead atoms. The molecule has 178 valence electrons. The molecule has 3 aliphatic heterocycles. The maximum Gasteiger partial charge on any atom is 0.330 e. The molecule has 10 nitrogen and oxygen atoms in total. The fourth-order valence-corrected chi connectivity index (χ4v) is 5.60. The number of piperidine rings is 1. The van der Waals surface area contributed by atoms with E-state index in [9.17, 15) is 19.5 Å². The van der Waals surface area contributed by atoms with Crippen LogP contribution in [0.3, 0.4) is 0 Å². The number of benzene rings is 1. The van der Waals surface area contributed by atoms with Gasteiger partial charge in [-0.2, -0.15) is 0 Å². The number of aliphatic hydroxyl groups is 1. The van der Waals surface area contributed by atoms with Crippen LogP contribution in [-0.4, -0.2) is 70.1 Å². The Morgan fingerprint density at radius 3 is 2.71 bits per heavy atom. The highest BCUT2D eigenvalue weighted by Gasteiger charge is 2.60. The summed E-state index contributed by atoms with van der Waals surface area (Å²) in [5.41, 5.74) is -1.37. The highest BCUT2D eigenvalue weighted by molar-refractivity contribution is 7.09. The van der Waals surface area contributed by atoms with Gasteiger partial charge in [0.25, 0.3) is 11.6 Å². The van der Waals surface area contributed by atoms with E-state index in [4.69, 9.17) is 0 Å². The van der Waals surface area contributed by atoms with E-state index in [1.54, 1.807) is 35.6 Å². The van der Waals surface area contributed by atoms with Crippen LogP contribution in [0, 0.1) is 0 Å². The summed E-state index contributed by atoms with van der Waals surface area (Å²) in [5.74, 6) is -1.15.